The third kappa shape index (κ3) is 2.74. The number of aromatic nitrogens is 4. The van der Waals surface area contributed by atoms with Crippen molar-refractivity contribution in [1.82, 2.24) is 20.2 Å². The molecule has 21 heavy (non-hydrogen) atoms. The molecule has 106 valence electrons. The highest BCUT2D eigenvalue weighted by Crippen LogP contribution is 2.23. The summed E-state index contributed by atoms with van der Waals surface area (Å²) in [5.41, 5.74) is 9.17. The zero-order chi connectivity index (χ0) is 14.8. The molecular weight excluding hydrogens is 269 g/mol. The van der Waals surface area contributed by atoms with Crippen molar-refractivity contribution in [2.45, 2.75) is 13.5 Å². The molecule has 3 rings (SSSR count). The van der Waals surface area contributed by atoms with Crippen LogP contribution in [0.3, 0.4) is 0 Å². The molecule has 0 aliphatic carbocycles. The Morgan fingerprint density at radius 1 is 1.19 bits per heavy atom. The highest BCUT2D eigenvalue weighted by molar-refractivity contribution is 5.65. The fraction of sp³-hybridized carbons (Fsp3) is 0.133. The lowest BCUT2D eigenvalue weighted by atomic mass is 10.1. The number of hydrogen-bond acceptors (Lipinski definition) is 4. The minimum absolute atomic E-state index is 0.276. The van der Waals surface area contributed by atoms with Gasteiger partial charge in [0.1, 0.15) is 5.82 Å². The van der Waals surface area contributed by atoms with Gasteiger partial charge in [-0.05, 0) is 52.7 Å². The molecule has 0 aliphatic heterocycles. The van der Waals surface area contributed by atoms with Crippen molar-refractivity contribution in [2.24, 2.45) is 0 Å². The SMILES string of the molecule is Cc1ccc(N)cc1-c1nnnn1Cc1cccc(F)c1. The average molecular weight is 283 g/mol. The van der Waals surface area contributed by atoms with Crippen LogP contribution in [0.25, 0.3) is 11.4 Å². The molecule has 0 amide bonds. The quantitative estimate of drug-likeness (QED) is 0.749. The fourth-order valence-corrected chi connectivity index (χ4v) is 2.19. The minimum Gasteiger partial charge on any atom is -0.399 e. The number of tetrazole rings is 1. The number of anilines is 1. The molecule has 0 fully saturated rings. The summed E-state index contributed by atoms with van der Waals surface area (Å²) in [5.74, 6) is 0.339. The Morgan fingerprint density at radius 2 is 2.05 bits per heavy atom. The van der Waals surface area contributed by atoms with Gasteiger partial charge in [-0.25, -0.2) is 9.07 Å². The third-order valence-electron chi connectivity index (χ3n) is 3.26. The molecule has 3 aromatic rings. The second-order valence-corrected chi connectivity index (χ2v) is 4.86. The summed E-state index contributed by atoms with van der Waals surface area (Å²) in [6, 6.07) is 12.0. The number of hydrogen-bond donors (Lipinski definition) is 1. The van der Waals surface area contributed by atoms with E-state index < -0.39 is 0 Å². The minimum atomic E-state index is -0.276. The molecule has 0 aliphatic rings. The van der Waals surface area contributed by atoms with E-state index in [1.54, 1.807) is 10.7 Å². The van der Waals surface area contributed by atoms with Crippen LogP contribution in [0.1, 0.15) is 11.1 Å². The van der Waals surface area contributed by atoms with Crippen LogP contribution in [0.4, 0.5) is 10.1 Å². The van der Waals surface area contributed by atoms with E-state index in [1.165, 1.54) is 12.1 Å². The van der Waals surface area contributed by atoms with Crippen molar-refractivity contribution in [2.75, 3.05) is 5.73 Å². The van der Waals surface area contributed by atoms with Gasteiger partial charge in [0.05, 0.1) is 6.54 Å². The van der Waals surface area contributed by atoms with Gasteiger partial charge in [0.2, 0.25) is 0 Å². The van der Waals surface area contributed by atoms with E-state index in [1.807, 2.05) is 31.2 Å². The predicted molar refractivity (Wildman–Crippen MR) is 77.9 cm³/mol. The number of nitrogens with zero attached hydrogens (tertiary/aromatic N) is 4. The zero-order valence-corrected chi connectivity index (χ0v) is 11.5. The van der Waals surface area contributed by atoms with E-state index in [9.17, 15) is 4.39 Å². The van der Waals surface area contributed by atoms with Crippen molar-refractivity contribution in [1.29, 1.82) is 0 Å². The molecule has 2 N–H and O–H groups in total. The predicted octanol–water partition coefficient (Wildman–Crippen LogP) is 2.42. The summed E-state index contributed by atoms with van der Waals surface area (Å²) in [6.45, 7) is 2.37. The van der Waals surface area contributed by atoms with Crippen molar-refractivity contribution < 1.29 is 4.39 Å². The lowest BCUT2D eigenvalue weighted by Crippen LogP contribution is -2.05. The highest BCUT2D eigenvalue weighted by atomic mass is 19.1. The Hall–Kier alpha value is -2.76. The van der Waals surface area contributed by atoms with Crippen LogP contribution < -0.4 is 5.73 Å². The van der Waals surface area contributed by atoms with Gasteiger partial charge in [0.15, 0.2) is 5.82 Å². The van der Waals surface area contributed by atoms with E-state index in [0.29, 0.717) is 18.1 Å². The topological polar surface area (TPSA) is 69.6 Å². The van der Waals surface area contributed by atoms with Gasteiger partial charge in [-0.2, -0.15) is 0 Å². The lowest BCUT2D eigenvalue weighted by Gasteiger charge is -2.08. The van der Waals surface area contributed by atoms with Gasteiger partial charge >= 0.3 is 0 Å². The number of rotatable bonds is 3. The average Bonchev–Trinajstić information content (AvgIpc) is 2.89. The van der Waals surface area contributed by atoms with Crippen molar-refractivity contribution >= 4 is 5.69 Å². The summed E-state index contributed by atoms with van der Waals surface area (Å²) >= 11 is 0. The maximum absolute atomic E-state index is 13.3. The van der Waals surface area contributed by atoms with E-state index in [2.05, 4.69) is 15.5 Å². The van der Waals surface area contributed by atoms with Gasteiger partial charge in [-0.1, -0.05) is 18.2 Å². The molecule has 0 saturated heterocycles. The monoisotopic (exact) mass is 283 g/mol. The van der Waals surface area contributed by atoms with E-state index in [4.69, 9.17) is 5.73 Å². The summed E-state index contributed by atoms with van der Waals surface area (Å²) in [6.07, 6.45) is 0. The standard InChI is InChI=1S/C15H14FN5/c1-10-5-6-13(17)8-14(10)15-18-19-20-21(15)9-11-3-2-4-12(16)7-11/h2-8H,9,17H2,1H3. The molecule has 1 aromatic heterocycles. The molecule has 5 nitrogen and oxygen atoms in total. The molecule has 0 radical (unpaired) electrons. The third-order valence-corrected chi connectivity index (χ3v) is 3.26. The van der Waals surface area contributed by atoms with Crippen molar-refractivity contribution in [3.05, 3.63) is 59.4 Å². The normalized spacial score (nSPS) is 10.8. The first-order chi connectivity index (χ1) is 10.1. The molecule has 2 aromatic carbocycles. The summed E-state index contributed by atoms with van der Waals surface area (Å²) < 4.78 is 14.9. The van der Waals surface area contributed by atoms with Crippen molar-refractivity contribution in [3.63, 3.8) is 0 Å². The number of nitrogen functional groups attached to an aromatic ring is 1. The molecule has 0 atom stereocenters. The summed E-state index contributed by atoms with van der Waals surface area (Å²) in [4.78, 5) is 0. The number of benzene rings is 2. The Balaban J connectivity index is 1.99. The van der Waals surface area contributed by atoms with Crippen LogP contribution in [-0.2, 0) is 6.54 Å². The number of nitrogens with two attached hydrogens (primary N) is 1. The van der Waals surface area contributed by atoms with Crippen LogP contribution in [0, 0.1) is 12.7 Å². The van der Waals surface area contributed by atoms with Crippen molar-refractivity contribution in [3.8, 4) is 11.4 Å². The fourth-order valence-electron chi connectivity index (χ4n) is 2.19. The Morgan fingerprint density at radius 3 is 2.86 bits per heavy atom. The van der Waals surface area contributed by atoms with Crippen LogP contribution in [0.5, 0.6) is 0 Å². The first kappa shape index (κ1) is 13.2. The van der Waals surface area contributed by atoms with Gasteiger partial charge in [0.25, 0.3) is 0 Å². The van der Waals surface area contributed by atoms with Gasteiger partial charge in [0, 0.05) is 11.3 Å². The Labute approximate surface area is 121 Å². The first-order valence-electron chi connectivity index (χ1n) is 6.50. The molecule has 0 saturated carbocycles. The largest absolute Gasteiger partial charge is 0.399 e. The van der Waals surface area contributed by atoms with E-state index >= 15 is 0 Å². The molecular formula is C15H14FN5. The van der Waals surface area contributed by atoms with Crippen LogP contribution in [0.2, 0.25) is 0 Å². The molecule has 1 heterocycles. The Bertz CT molecular complexity index is 781. The number of aryl methyl sites for hydroxylation is 1. The summed E-state index contributed by atoms with van der Waals surface area (Å²) in [5, 5.41) is 11.8. The molecule has 0 unspecified atom stereocenters. The maximum atomic E-state index is 13.3. The van der Waals surface area contributed by atoms with Crippen LogP contribution >= 0.6 is 0 Å². The lowest BCUT2D eigenvalue weighted by molar-refractivity contribution is 0.615. The van der Waals surface area contributed by atoms with Crippen LogP contribution in [0.15, 0.2) is 42.5 Å². The maximum Gasteiger partial charge on any atom is 0.182 e. The van der Waals surface area contributed by atoms with E-state index in [-0.39, 0.29) is 5.82 Å². The Kier molecular flexibility index (Phi) is 3.35. The molecule has 6 heteroatoms. The highest BCUT2D eigenvalue weighted by Gasteiger charge is 2.12. The van der Waals surface area contributed by atoms with Gasteiger partial charge < -0.3 is 5.73 Å². The second kappa shape index (κ2) is 5.32. The van der Waals surface area contributed by atoms with Gasteiger partial charge in [-0.15, -0.1) is 5.10 Å². The number of halogens is 1. The molecule has 0 bridgehead atoms. The van der Waals surface area contributed by atoms with Crippen LogP contribution in [-0.4, -0.2) is 20.2 Å². The second-order valence-electron chi connectivity index (χ2n) is 4.86. The van der Waals surface area contributed by atoms with Gasteiger partial charge in [-0.3, -0.25) is 0 Å². The first-order valence-corrected chi connectivity index (χ1v) is 6.50. The smallest absolute Gasteiger partial charge is 0.182 e. The molecule has 0 spiro atoms. The summed E-state index contributed by atoms with van der Waals surface area (Å²) in [7, 11) is 0. The van der Waals surface area contributed by atoms with E-state index in [0.717, 1.165) is 16.7 Å². The zero-order valence-electron chi connectivity index (χ0n) is 11.5.